The van der Waals surface area contributed by atoms with Gasteiger partial charge in [-0.3, -0.25) is 0 Å². The topological polar surface area (TPSA) is 52.3 Å². The minimum atomic E-state index is -0.488. The average molecular weight is 338 g/mol. The summed E-state index contributed by atoms with van der Waals surface area (Å²) in [7, 11) is 1.34. The molecule has 5 heteroatoms. The zero-order valence-electron chi connectivity index (χ0n) is 11.7. The fourth-order valence-electron chi connectivity index (χ4n) is 1.86. The van der Waals surface area contributed by atoms with Crippen LogP contribution in [0.1, 0.15) is 35.2 Å². The van der Waals surface area contributed by atoms with E-state index in [4.69, 9.17) is 9.15 Å². The van der Waals surface area contributed by atoms with Crippen LogP contribution in [-0.4, -0.2) is 18.1 Å². The standard InChI is InChI=1S/C15H16BrNO3/c1-4-5-12-13(15(18)19-3)20-14(17-12)10-7-6-9(2)11(16)8-10/h6-8H,4-5H2,1-3H3. The van der Waals surface area contributed by atoms with E-state index in [0.29, 0.717) is 18.0 Å². The first-order chi connectivity index (χ1) is 9.56. The third-order valence-corrected chi connectivity index (χ3v) is 3.83. The number of carbonyl (C=O) groups excluding carboxylic acids is 1. The Hall–Kier alpha value is -1.62. The molecule has 1 aromatic carbocycles. The molecule has 20 heavy (non-hydrogen) atoms. The summed E-state index contributed by atoms with van der Waals surface area (Å²) in [5.41, 5.74) is 2.60. The second-order valence-corrected chi connectivity index (χ2v) is 5.35. The first kappa shape index (κ1) is 14.8. The number of halogens is 1. The van der Waals surface area contributed by atoms with Crippen LogP contribution in [0.5, 0.6) is 0 Å². The lowest BCUT2D eigenvalue weighted by molar-refractivity contribution is 0.0564. The molecule has 2 rings (SSSR count). The second-order valence-electron chi connectivity index (χ2n) is 4.50. The summed E-state index contributed by atoms with van der Waals surface area (Å²) < 4.78 is 11.3. The van der Waals surface area contributed by atoms with Crippen LogP contribution >= 0.6 is 15.9 Å². The van der Waals surface area contributed by atoms with E-state index in [0.717, 1.165) is 22.0 Å². The predicted octanol–water partition coefficient (Wildman–Crippen LogP) is 4.15. The van der Waals surface area contributed by atoms with Gasteiger partial charge in [-0.1, -0.05) is 35.3 Å². The number of hydrogen-bond acceptors (Lipinski definition) is 4. The summed E-state index contributed by atoms with van der Waals surface area (Å²) in [6.07, 6.45) is 1.56. The Morgan fingerprint density at radius 1 is 1.45 bits per heavy atom. The maximum atomic E-state index is 11.7. The number of nitrogens with zero attached hydrogens (tertiary/aromatic N) is 1. The summed E-state index contributed by atoms with van der Waals surface area (Å²) in [4.78, 5) is 16.1. The summed E-state index contributed by atoms with van der Waals surface area (Å²) in [6.45, 7) is 4.03. The minimum Gasteiger partial charge on any atom is -0.463 e. The number of hydrogen-bond donors (Lipinski definition) is 0. The van der Waals surface area contributed by atoms with Crippen molar-refractivity contribution >= 4 is 21.9 Å². The number of aryl methyl sites for hydroxylation is 2. The Balaban J connectivity index is 2.46. The SMILES string of the molecule is CCCc1nc(-c2ccc(C)c(Br)c2)oc1C(=O)OC. The van der Waals surface area contributed by atoms with Gasteiger partial charge in [0.15, 0.2) is 0 Å². The Labute approximate surface area is 126 Å². The number of rotatable bonds is 4. The van der Waals surface area contributed by atoms with Crippen LogP contribution in [0.2, 0.25) is 0 Å². The zero-order chi connectivity index (χ0) is 14.7. The molecule has 0 aliphatic heterocycles. The fourth-order valence-corrected chi connectivity index (χ4v) is 2.24. The summed E-state index contributed by atoms with van der Waals surface area (Å²) >= 11 is 3.48. The van der Waals surface area contributed by atoms with E-state index in [9.17, 15) is 4.79 Å². The number of methoxy groups -OCH3 is 1. The molecule has 1 aromatic heterocycles. The van der Waals surface area contributed by atoms with Crippen LogP contribution in [0, 0.1) is 6.92 Å². The molecular weight excluding hydrogens is 322 g/mol. The molecule has 1 heterocycles. The molecule has 0 amide bonds. The Morgan fingerprint density at radius 2 is 2.20 bits per heavy atom. The van der Waals surface area contributed by atoms with Crippen LogP contribution in [0.3, 0.4) is 0 Å². The molecule has 0 N–H and O–H groups in total. The highest BCUT2D eigenvalue weighted by Crippen LogP contribution is 2.27. The zero-order valence-corrected chi connectivity index (χ0v) is 13.3. The largest absolute Gasteiger partial charge is 0.463 e. The van der Waals surface area contributed by atoms with Crippen molar-refractivity contribution in [3.8, 4) is 11.5 Å². The number of carbonyl (C=O) groups is 1. The van der Waals surface area contributed by atoms with E-state index < -0.39 is 5.97 Å². The molecule has 0 aliphatic rings. The molecule has 0 saturated carbocycles. The Kier molecular flexibility index (Phi) is 4.60. The maximum Gasteiger partial charge on any atom is 0.376 e. The van der Waals surface area contributed by atoms with E-state index in [1.807, 2.05) is 32.0 Å². The van der Waals surface area contributed by atoms with Gasteiger partial charge in [-0.25, -0.2) is 9.78 Å². The molecule has 0 bridgehead atoms. The van der Waals surface area contributed by atoms with Gasteiger partial charge in [0.05, 0.1) is 12.8 Å². The van der Waals surface area contributed by atoms with Gasteiger partial charge >= 0.3 is 5.97 Å². The van der Waals surface area contributed by atoms with Gasteiger partial charge < -0.3 is 9.15 Å². The first-order valence-corrected chi connectivity index (χ1v) is 7.20. The van der Waals surface area contributed by atoms with E-state index in [1.54, 1.807) is 0 Å². The van der Waals surface area contributed by atoms with Crippen molar-refractivity contribution in [1.82, 2.24) is 4.98 Å². The molecular formula is C15H16BrNO3. The molecule has 4 nitrogen and oxygen atoms in total. The molecule has 2 aromatic rings. The molecule has 0 spiro atoms. The van der Waals surface area contributed by atoms with E-state index >= 15 is 0 Å². The van der Waals surface area contributed by atoms with Gasteiger partial charge in [-0.15, -0.1) is 0 Å². The highest BCUT2D eigenvalue weighted by molar-refractivity contribution is 9.10. The highest BCUT2D eigenvalue weighted by atomic mass is 79.9. The third-order valence-electron chi connectivity index (χ3n) is 2.97. The average Bonchev–Trinajstić information content (AvgIpc) is 2.85. The smallest absolute Gasteiger partial charge is 0.376 e. The molecule has 0 unspecified atom stereocenters. The normalized spacial score (nSPS) is 10.6. The van der Waals surface area contributed by atoms with Crippen LogP contribution in [0.4, 0.5) is 0 Å². The van der Waals surface area contributed by atoms with Crippen molar-refractivity contribution in [1.29, 1.82) is 0 Å². The van der Waals surface area contributed by atoms with Gasteiger partial charge in [-0.05, 0) is 31.0 Å². The van der Waals surface area contributed by atoms with Crippen molar-refractivity contribution in [3.05, 3.63) is 39.7 Å². The number of benzene rings is 1. The van der Waals surface area contributed by atoms with Crippen molar-refractivity contribution in [2.24, 2.45) is 0 Å². The van der Waals surface area contributed by atoms with Gasteiger partial charge in [-0.2, -0.15) is 0 Å². The monoisotopic (exact) mass is 337 g/mol. The number of esters is 1. The molecule has 106 valence electrons. The van der Waals surface area contributed by atoms with E-state index in [-0.39, 0.29) is 5.76 Å². The lowest BCUT2D eigenvalue weighted by Crippen LogP contribution is -2.03. The predicted molar refractivity (Wildman–Crippen MR) is 79.7 cm³/mol. The van der Waals surface area contributed by atoms with E-state index in [1.165, 1.54) is 7.11 Å². The van der Waals surface area contributed by atoms with Crippen LogP contribution in [0.15, 0.2) is 27.1 Å². The van der Waals surface area contributed by atoms with Crippen molar-refractivity contribution in [2.75, 3.05) is 7.11 Å². The molecule has 0 saturated heterocycles. The maximum absolute atomic E-state index is 11.7. The summed E-state index contributed by atoms with van der Waals surface area (Å²) in [5, 5.41) is 0. The van der Waals surface area contributed by atoms with Gasteiger partial charge in [0.1, 0.15) is 0 Å². The third kappa shape index (κ3) is 2.93. The van der Waals surface area contributed by atoms with Gasteiger partial charge in [0.25, 0.3) is 0 Å². The molecule has 0 atom stereocenters. The fraction of sp³-hybridized carbons (Fsp3) is 0.333. The molecule has 0 fully saturated rings. The molecule has 0 radical (unpaired) electrons. The van der Waals surface area contributed by atoms with Crippen LogP contribution in [0.25, 0.3) is 11.5 Å². The van der Waals surface area contributed by atoms with E-state index in [2.05, 4.69) is 20.9 Å². The number of aromatic nitrogens is 1. The Morgan fingerprint density at radius 3 is 2.80 bits per heavy atom. The second kappa shape index (κ2) is 6.22. The quantitative estimate of drug-likeness (QED) is 0.786. The number of ether oxygens (including phenoxy) is 1. The lowest BCUT2D eigenvalue weighted by Gasteiger charge is -2.00. The summed E-state index contributed by atoms with van der Waals surface area (Å²) in [5.74, 6) is 0.147. The Bertz CT molecular complexity index is 634. The van der Waals surface area contributed by atoms with Crippen LogP contribution in [-0.2, 0) is 11.2 Å². The van der Waals surface area contributed by atoms with Crippen molar-refractivity contribution < 1.29 is 13.9 Å². The minimum absolute atomic E-state index is 0.195. The lowest BCUT2D eigenvalue weighted by atomic mass is 10.1. The number of oxazole rings is 1. The van der Waals surface area contributed by atoms with Gasteiger partial charge in [0.2, 0.25) is 11.7 Å². The van der Waals surface area contributed by atoms with Gasteiger partial charge in [0, 0.05) is 10.0 Å². The van der Waals surface area contributed by atoms with Crippen LogP contribution < -0.4 is 0 Å². The summed E-state index contributed by atoms with van der Waals surface area (Å²) in [6, 6.07) is 5.82. The first-order valence-electron chi connectivity index (χ1n) is 6.41. The highest BCUT2D eigenvalue weighted by Gasteiger charge is 2.21. The molecule has 0 aliphatic carbocycles. The van der Waals surface area contributed by atoms with Crippen molar-refractivity contribution in [2.45, 2.75) is 26.7 Å². The van der Waals surface area contributed by atoms with Crippen molar-refractivity contribution in [3.63, 3.8) is 0 Å².